The Morgan fingerprint density at radius 3 is 2.76 bits per heavy atom. The molecule has 2 N–H and O–H groups in total. The van der Waals surface area contributed by atoms with Gasteiger partial charge in [-0.15, -0.1) is 0 Å². The molecule has 1 amide bonds. The number of amides is 1. The van der Waals surface area contributed by atoms with Gasteiger partial charge < -0.3 is 15.0 Å². The Balaban J connectivity index is 1.40. The van der Waals surface area contributed by atoms with Gasteiger partial charge in [-0.05, 0) is 50.1 Å². The van der Waals surface area contributed by atoms with Crippen LogP contribution in [0.4, 0.5) is 5.69 Å². The molecule has 1 atom stereocenters. The summed E-state index contributed by atoms with van der Waals surface area (Å²) >= 11 is 0. The van der Waals surface area contributed by atoms with Gasteiger partial charge in [-0.3, -0.25) is 4.79 Å². The number of fused-ring (bicyclic) bond motifs is 1. The third kappa shape index (κ3) is 4.49. The van der Waals surface area contributed by atoms with Crippen molar-refractivity contribution in [3.63, 3.8) is 0 Å². The van der Waals surface area contributed by atoms with Crippen LogP contribution in [0.2, 0.25) is 0 Å². The molecule has 0 aliphatic carbocycles. The van der Waals surface area contributed by atoms with E-state index in [1.807, 2.05) is 13.0 Å². The molecule has 0 radical (unpaired) electrons. The first-order valence-electron chi connectivity index (χ1n) is 9.61. The molecule has 0 bridgehead atoms. The molecule has 1 saturated heterocycles. The van der Waals surface area contributed by atoms with Crippen molar-refractivity contribution in [2.75, 3.05) is 17.7 Å². The molecule has 2 aromatic carbocycles. The average molecular weight is 413 g/mol. The summed E-state index contributed by atoms with van der Waals surface area (Å²) in [6.07, 6.45) is 1.85. The minimum atomic E-state index is -3.50. The van der Waals surface area contributed by atoms with Crippen LogP contribution >= 0.6 is 0 Å². The molecular weight excluding hydrogens is 390 g/mol. The van der Waals surface area contributed by atoms with E-state index in [1.165, 1.54) is 0 Å². The number of carbonyl (C=O) groups is 1. The number of aryl methyl sites for hydroxylation is 1. The van der Waals surface area contributed by atoms with Gasteiger partial charge in [0.05, 0.1) is 21.7 Å². The highest BCUT2D eigenvalue weighted by Gasteiger charge is 2.21. The first kappa shape index (κ1) is 19.6. The lowest BCUT2D eigenvalue weighted by atomic mass is 10.2. The molecule has 1 aliphatic rings. The van der Waals surface area contributed by atoms with Crippen molar-refractivity contribution in [1.29, 1.82) is 0 Å². The van der Waals surface area contributed by atoms with E-state index in [1.54, 1.807) is 36.4 Å². The standard InChI is InChI=1S/C21H23N3O4S/c1-14-4-7-16(8-5-14)29(26,27)12-10-20(25)22-15-6-9-17-18(13-15)24-21(23-17)19-3-2-11-28-19/h4-9,13,19H,2-3,10-12H2,1H3,(H,22,25)(H,23,24). The fraction of sp³-hybridized carbons (Fsp3) is 0.333. The summed E-state index contributed by atoms with van der Waals surface area (Å²) in [6.45, 7) is 2.64. The Hall–Kier alpha value is -2.71. The molecule has 1 aromatic heterocycles. The van der Waals surface area contributed by atoms with Crippen molar-refractivity contribution in [3.05, 3.63) is 53.9 Å². The molecular formula is C21H23N3O4S. The van der Waals surface area contributed by atoms with Crippen LogP contribution in [0.1, 0.15) is 36.8 Å². The molecule has 29 heavy (non-hydrogen) atoms. The van der Waals surface area contributed by atoms with Crippen molar-refractivity contribution < 1.29 is 17.9 Å². The number of carbonyl (C=O) groups excluding carboxylic acids is 1. The molecule has 2 heterocycles. The van der Waals surface area contributed by atoms with Crippen LogP contribution < -0.4 is 5.32 Å². The number of ether oxygens (including phenoxy) is 1. The van der Waals surface area contributed by atoms with Gasteiger partial charge in [-0.25, -0.2) is 13.4 Å². The predicted molar refractivity (Wildman–Crippen MR) is 110 cm³/mol. The maximum absolute atomic E-state index is 12.4. The summed E-state index contributed by atoms with van der Waals surface area (Å²) in [5.74, 6) is 0.209. The molecule has 1 fully saturated rings. The van der Waals surface area contributed by atoms with E-state index in [2.05, 4.69) is 15.3 Å². The van der Waals surface area contributed by atoms with E-state index in [0.717, 1.165) is 41.9 Å². The number of sulfone groups is 1. The Morgan fingerprint density at radius 2 is 2.03 bits per heavy atom. The number of nitrogens with one attached hydrogen (secondary N) is 2. The molecule has 8 heteroatoms. The maximum atomic E-state index is 12.4. The van der Waals surface area contributed by atoms with Gasteiger partial charge in [0.25, 0.3) is 0 Å². The first-order chi connectivity index (χ1) is 13.9. The zero-order valence-electron chi connectivity index (χ0n) is 16.1. The fourth-order valence-electron chi connectivity index (χ4n) is 3.37. The molecule has 1 unspecified atom stereocenters. The largest absolute Gasteiger partial charge is 0.370 e. The summed E-state index contributed by atoms with van der Waals surface area (Å²) < 4.78 is 30.4. The molecule has 0 spiro atoms. The highest BCUT2D eigenvalue weighted by molar-refractivity contribution is 7.91. The number of anilines is 1. The number of benzene rings is 2. The Kier molecular flexibility index (Phi) is 5.38. The quantitative estimate of drug-likeness (QED) is 0.644. The van der Waals surface area contributed by atoms with Crippen molar-refractivity contribution in [1.82, 2.24) is 9.97 Å². The van der Waals surface area contributed by atoms with E-state index in [-0.39, 0.29) is 29.1 Å². The van der Waals surface area contributed by atoms with Gasteiger partial charge >= 0.3 is 0 Å². The monoisotopic (exact) mass is 413 g/mol. The van der Waals surface area contributed by atoms with Crippen molar-refractivity contribution >= 4 is 32.5 Å². The number of imidazole rings is 1. The Bertz CT molecular complexity index is 1130. The minimum Gasteiger partial charge on any atom is -0.370 e. The van der Waals surface area contributed by atoms with Gasteiger partial charge in [-0.1, -0.05) is 17.7 Å². The van der Waals surface area contributed by atoms with Crippen molar-refractivity contribution in [2.24, 2.45) is 0 Å². The highest BCUT2D eigenvalue weighted by atomic mass is 32.2. The van der Waals surface area contributed by atoms with E-state index >= 15 is 0 Å². The van der Waals surface area contributed by atoms with Crippen LogP contribution in [0.5, 0.6) is 0 Å². The number of H-pyrrole nitrogens is 1. The van der Waals surface area contributed by atoms with Crippen molar-refractivity contribution in [3.8, 4) is 0 Å². The second-order valence-corrected chi connectivity index (χ2v) is 9.39. The summed E-state index contributed by atoms with van der Waals surface area (Å²) in [7, 11) is -3.50. The minimum absolute atomic E-state index is 0.00702. The van der Waals surface area contributed by atoms with Crippen LogP contribution in [0.15, 0.2) is 47.4 Å². The normalized spacial score (nSPS) is 16.9. The van der Waals surface area contributed by atoms with Crippen LogP contribution in [0.25, 0.3) is 11.0 Å². The van der Waals surface area contributed by atoms with E-state index in [0.29, 0.717) is 5.69 Å². The summed E-state index contributed by atoms with van der Waals surface area (Å²) in [4.78, 5) is 20.3. The molecule has 4 rings (SSSR count). The SMILES string of the molecule is Cc1ccc(S(=O)(=O)CCC(=O)Nc2ccc3nc(C4CCCO4)[nH]c3c2)cc1. The maximum Gasteiger partial charge on any atom is 0.225 e. The molecule has 0 saturated carbocycles. The second kappa shape index (κ2) is 7.96. The Labute approximate surface area is 169 Å². The predicted octanol–water partition coefficient (Wildman–Crippen LogP) is 3.53. The third-order valence-corrected chi connectivity index (χ3v) is 6.73. The highest BCUT2D eigenvalue weighted by Crippen LogP contribution is 2.28. The lowest BCUT2D eigenvalue weighted by Crippen LogP contribution is -2.17. The zero-order valence-corrected chi connectivity index (χ0v) is 17.0. The fourth-order valence-corrected chi connectivity index (χ4v) is 4.61. The third-order valence-electron chi connectivity index (χ3n) is 5.00. The van der Waals surface area contributed by atoms with Gasteiger partial charge in [-0.2, -0.15) is 0 Å². The van der Waals surface area contributed by atoms with E-state index < -0.39 is 9.84 Å². The number of rotatable bonds is 6. The average Bonchev–Trinajstić information content (AvgIpc) is 3.36. The van der Waals surface area contributed by atoms with E-state index in [9.17, 15) is 13.2 Å². The topological polar surface area (TPSA) is 101 Å². The number of hydrogen-bond donors (Lipinski definition) is 2. The van der Waals surface area contributed by atoms with Gasteiger partial charge in [0.2, 0.25) is 5.91 Å². The summed E-state index contributed by atoms with van der Waals surface area (Å²) in [5, 5.41) is 2.76. The molecule has 1 aliphatic heterocycles. The summed E-state index contributed by atoms with van der Waals surface area (Å²) in [5.41, 5.74) is 3.19. The first-order valence-corrected chi connectivity index (χ1v) is 11.3. The number of nitrogens with zero attached hydrogens (tertiary/aromatic N) is 1. The Morgan fingerprint density at radius 1 is 1.24 bits per heavy atom. The zero-order chi connectivity index (χ0) is 20.4. The summed E-state index contributed by atoms with van der Waals surface area (Å²) in [6, 6.07) is 12.0. The number of aromatic nitrogens is 2. The molecule has 152 valence electrons. The lowest BCUT2D eigenvalue weighted by Gasteiger charge is -2.07. The van der Waals surface area contributed by atoms with E-state index in [4.69, 9.17) is 4.74 Å². The smallest absolute Gasteiger partial charge is 0.225 e. The number of hydrogen-bond acceptors (Lipinski definition) is 5. The lowest BCUT2D eigenvalue weighted by molar-refractivity contribution is -0.115. The van der Waals surface area contributed by atoms with Gasteiger partial charge in [0, 0.05) is 18.7 Å². The van der Waals surface area contributed by atoms with Crippen LogP contribution in [0.3, 0.4) is 0 Å². The van der Waals surface area contributed by atoms with Crippen molar-refractivity contribution in [2.45, 2.75) is 37.2 Å². The van der Waals surface area contributed by atoms with Gasteiger partial charge in [0.15, 0.2) is 9.84 Å². The van der Waals surface area contributed by atoms with Crippen LogP contribution in [-0.2, 0) is 19.4 Å². The molecule has 3 aromatic rings. The van der Waals surface area contributed by atoms with Gasteiger partial charge in [0.1, 0.15) is 11.9 Å². The second-order valence-electron chi connectivity index (χ2n) is 7.29. The van der Waals surface area contributed by atoms with Crippen LogP contribution in [-0.4, -0.2) is 36.7 Å². The van der Waals surface area contributed by atoms with Crippen LogP contribution in [0, 0.1) is 6.92 Å². The molecule has 7 nitrogen and oxygen atoms in total. The number of aromatic amines is 1.